The van der Waals surface area contributed by atoms with Gasteiger partial charge < -0.3 is 30.1 Å². The fourth-order valence-electron chi connectivity index (χ4n) is 5.06. The van der Waals surface area contributed by atoms with Crippen LogP contribution >= 0.6 is 15.9 Å². The van der Waals surface area contributed by atoms with E-state index in [4.69, 9.17) is 4.74 Å². The molecular weight excluding hydrogens is 578 g/mol. The molecule has 1 aromatic rings. The van der Waals surface area contributed by atoms with Crippen LogP contribution in [0.3, 0.4) is 0 Å². The monoisotopic (exact) mass is 621 g/mol. The Hall–Kier alpha value is -2.66. The highest BCUT2D eigenvalue weighted by Crippen LogP contribution is 2.26. The summed E-state index contributed by atoms with van der Waals surface area (Å²) in [7, 11) is 2.04. The van der Waals surface area contributed by atoms with Gasteiger partial charge in [-0.2, -0.15) is 0 Å². The first-order valence-corrected chi connectivity index (χ1v) is 14.9. The Kier molecular flexibility index (Phi) is 11.0. The van der Waals surface area contributed by atoms with Crippen LogP contribution in [0.1, 0.15) is 64.2 Å². The molecule has 4 amide bonds. The molecule has 0 unspecified atom stereocenters. The molecule has 0 bridgehead atoms. The number of carbonyl (C=O) groups excluding carboxylic acids is 4. The van der Waals surface area contributed by atoms with Crippen LogP contribution in [0.4, 0.5) is 0 Å². The summed E-state index contributed by atoms with van der Waals surface area (Å²) in [6.07, 6.45) is 1.80. The number of hydrogen-bond acceptors (Lipinski definition) is 6. The van der Waals surface area contributed by atoms with E-state index < -0.39 is 23.5 Å². The van der Waals surface area contributed by atoms with Gasteiger partial charge in [-0.1, -0.05) is 29.8 Å². The minimum atomic E-state index is -0.801. The largest absolute Gasteiger partial charge is 0.483 e. The predicted octanol–water partition coefficient (Wildman–Crippen LogP) is 2.65. The summed E-state index contributed by atoms with van der Waals surface area (Å²) < 4.78 is 6.38. The van der Waals surface area contributed by atoms with Crippen LogP contribution in [0.2, 0.25) is 0 Å². The number of rotatable bonds is 9. The van der Waals surface area contributed by atoms with Gasteiger partial charge in [0.2, 0.25) is 11.8 Å². The topological polar surface area (TPSA) is 111 Å². The van der Waals surface area contributed by atoms with Crippen LogP contribution < -0.4 is 15.4 Å². The average molecular weight is 623 g/mol. The SMILES string of the molecule is CC(C)C[C@@H](NC(=O)c1cc(Br)ccc1OCC(=O)NC(C)(C)C)C(=O)N1CCC[C@@H]1C(=O)N1CCN(C)CC1. The summed E-state index contributed by atoms with van der Waals surface area (Å²) >= 11 is 3.40. The number of nitrogens with zero attached hydrogens (tertiary/aromatic N) is 3. The van der Waals surface area contributed by atoms with Gasteiger partial charge in [0, 0.05) is 42.7 Å². The van der Waals surface area contributed by atoms with Gasteiger partial charge in [-0.25, -0.2) is 0 Å². The van der Waals surface area contributed by atoms with Crippen molar-refractivity contribution in [3.63, 3.8) is 0 Å². The summed E-state index contributed by atoms with van der Waals surface area (Å²) in [5.41, 5.74) is -0.199. The van der Waals surface area contributed by atoms with Gasteiger partial charge in [0.05, 0.1) is 5.56 Å². The Morgan fingerprint density at radius 2 is 1.75 bits per heavy atom. The highest BCUT2D eigenvalue weighted by molar-refractivity contribution is 9.10. The van der Waals surface area contributed by atoms with Crippen LogP contribution in [-0.2, 0) is 14.4 Å². The van der Waals surface area contributed by atoms with E-state index in [1.165, 1.54) is 0 Å². The van der Waals surface area contributed by atoms with E-state index in [0.29, 0.717) is 36.9 Å². The molecule has 10 nitrogen and oxygen atoms in total. The third kappa shape index (κ3) is 8.92. The number of hydrogen-bond donors (Lipinski definition) is 2. The number of benzene rings is 1. The highest BCUT2D eigenvalue weighted by atomic mass is 79.9. The lowest BCUT2D eigenvalue weighted by molar-refractivity contribution is -0.145. The van der Waals surface area contributed by atoms with Crippen LogP contribution in [0.25, 0.3) is 0 Å². The van der Waals surface area contributed by atoms with Crippen molar-refractivity contribution >= 4 is 39.6 Å². The molecule has 0 saturated carbocycles. The summed E-state index contributed by atoms with van der Waals surface area (Å²) in [6.45, 7) is 12.8. The standard InChI is InChI=1S/C29H44BrN5O5/c1-19(2)16-22(27(38)35-11-7-8-23(35)28(39)34-14-12-33(6)13-15-34)31-26(37)21-17-20(30)9-10-24(21)40-18-25(36)32-29(3,4)5/h9-10,17,19,22-23H,7-8,11-16,18H2,1-6H3,(H,31,37)(H,32,36)/t22-,23-/m1/s1. The van der Waals surface area contributed by atoms with E-state index >= 15 is 0 Å². The Labute approximate surface area is 246 Å². The molecule has 1 aromatic carbocycles. The van der Waals surface area contributed by atoms with Gasteiger partial charge in [-0.05, 0) is 71.2 Å². The number of carbonyl (C=O) groups is 4. The predicted molar refractivity (Wildman–Crippen MR) is 157 cm³/mol. The van der Waals surface area contributed by atoms with Crippen molar-refractivity contribution in [1.82, 2.24) is 25.3 Å². The van der Waals surface area contributed by atoms with E-state index in [1.807, 2.05) is 46.6 Å². The Morgan fingerprint density at radius 1 is 1.07 bits per heavy atom. The Balaban J connectivity index is 1.75. The molecule has 2 aliphatic heterocycles. The van der Waals surface area contributed by atoms with E-state index in [9.17, 15) is 19.2 Å². The zero-order valence-electron chi connectivity index (χ0n) is 24.6. The summed E-state index contributed by atoms with van der Waals surface area (Å²) in [4.78, 5) is 58.7. The average Bonchev–Trinajstić information content (AvgIpc) is 3.35. The van der Waals surface area contributed by atoms with Gasteiger partial charge in [-0.3, -0.25) is 19.2 Å². The summed E-state index contributed by atoms with van der Waals surface area (Å²) in [5.74, 6) is -0.668. The maximum absolute atomic E-state index is 13.8. The minimum absolute atomic E-state index is 0.00946. The van der Waals surface area contributed by atoms with Crippen LogP contribution in [-0.4, -0.2) is 102 Å². The first kappa shape index (κ1) is 31.9. The van der Waals surface area contributed by atoms with Gasteiger partial charge in [0.25, 0.3) is 11.8 Å². The summed E-state index contributed by atoms with van der Waals surface area (Å²) in [6, 6.07) is 3.65. The maximum atomic E-state index is 13.8. The second-order valence-corrected chi connectivity index (χ2v) is 13.1. The molecule has 222 valence electrons. The molecule has 2 atom stereocenters. The number of amides is 4. The fraction of sp³-hybridized carbons (Fsp3) is 0.655. The zero-order chi connectivity index (χ0) is 29.6. The molecule has 2 aliphatic rings. The van der Waals surface area contributed by atoms with Crippen molar-refractivity contribution < 1.29 is 23.9 Å². The van der Waals surface area contributed by atoms with Crippen molar-refractivity contribution in [1.29, 1.82) is 0 Å². The van der Waals surface area contributed by atoms with E-state index in [-0.39, 0.29) is 41.6 Å². The number of piperazine rings is 1. The number of likely N-dealkylation sites (N-methyl/N-ethyl adjacent to an activating group) is 1. The second-order valence-electron chi connectivity index (χ2n) is 12.2. The van der Waals surface area contributed by atoms with Gasteiger partial charge in [0.1, 0.15) is 17.8 Å². The zero-order valence-corrected chi connectivity index (χ0v) is 26.2. The quantitative estimate of drug-likeness (QED) is 0.439. The maximum Gasteiger partial charge on any atom is 0.258 e. The Bertz CT molecular complexity index is 1080. The van der Waals surface area contributed by atoms with Gasteiger partial charge in [-0.15, -0.1) is 0 Å². The van der Waals surface area contributed by atoms with Crippen molar-refractivity contribution in [2.45, 2.75) is 71.5 Å². The molecule has 2 heterocycles. The molecule has 11 heteroatoms. The first-order valence-electron chi connectivity index (χ1n) is 14.1. The summed E-state index contributed by atoms with van der Waals surface area (Å²) in [5, 5.41) is 5.75. The third-order valence-electron chi connectivity index (χ3n) is 7.01. The van der Waals surface area contributed by atoms with Crippen LogP contribution in [0.5, 0.6) is 5.75 Å². The lowest BCUT2D eigenvalue weighted by atomic mass is 10.0. The number of halogens is 1. The molecule has 2 N–H and O–H groups in total. The smallest absolute Gasteiger partial charge is 0.258 e. The molecule has 40 heavy (non-hydrogen) atoms. The van der Waals surface area contributed by atoms with Crippen molar-refractivity contribution in [2.24, 2.45) is 5.92 Å². The van der Waals surface area contributed by atoms with Crippen molar-refractivity contribution in [3.8, 4) is 5.75 Å². The molecule has 2 fully saturated rings. The molecule has 0 radical (unpaired) electrons. The molecule has 2 saturated heterocycles. The lowest BCUT2D eigenvalue weighted by Gasteiger charge is -2.36. The minimum Gasteiger partial charge on any atom is -0.483 e. The van der Waals surface area contributed by atoms with Crippen LogP contribution in [0, 0.1) is 5.92 Å². The first-order chi connectivity index (χ1) is 18.7. The number of ether oxygens (including phenoxy) is 1. The Morgan fingerprint density at radius 3 is 2.38 bits per heavy atom. The molecule has 0 spiro atoms. The van der Waals surface area contributed by atoms with E-state index in [0.717, 1.165) is 19.5 Å². The number of likely N-dealkylation sites (tertiary alicyclic amines) is 1. The van der Waals surface area contributed by atoms with Crippen molar-refractivity contribution in [3.05, 3.63) is 28.2 Å². The van der Waals surface area contributed by atoms with Gasteiger partial charge in [0.15, 0.2) is 6.61 Å². The number of nitrogens with one attached hydrogen (secondary N) is 2. The van der Waals surface area contributed by atoms with E-state index in [2.05, 4.69) is 31.5 Å². The molecular formula is C29H44BrN5O5. The highest BCUT2D eigenvalue weighted by Gasteiger charge is 2.40. The molecule has 3 rings (SSSR count). The normalized spacial score (nSPS) is 18.9. The molecule has 0 aromatic heterocycles. The van der Waals surface area contributed by atoms with E-state index in [1.54, 1.807) is 23.1 Å². The van der Waals surface area contributed by atoms with Crippen molar-refractivity contribution in [2.75, 3.05) is 46.4 Å². The fourth-order valence-corrected chi connectivity index (χ4v) is 5.42. The second kappa shape index (κ2) is 13.8. The lowest BCUT2D eigenvalue weighted by Crippen LogP contribution is -2.56. The third-order valence-corrected chi connectivity index (χ3v) is 7.50. The van der Waals surface area contributed by atoms with Crippen LogP contribution in [0.15, 0.2) is 22.7 Å². The molecule has 0 aliphatic carbocycles. The van der Waals surface area contributed by atoms with Gasteiger partial charge >= 0.3 is 0 Å².